The normalized spacial score (nSPS) is 24.0. The zero-order valence-corrected chi connectivity index (χ0v) is 18.3. The standard InChI is InChI=1S/C25H27ClO4/c1-4-15-6-7-16(17-8-9-20(26)23(12-17)29-3)11-18(15)24-21(27)13-19(25(24)28)22-10-5-14(2)30-22/h6-9,11-12,14,19,22,27H,4-5,10,13H2,1-3H3/t14-,19+,22-/m0/s1. The predicted molar refractivity (Wildman–Crippen MR) is 119 cm³/mol. The van der Waals surface area contributed by atoms with Crippen LogP contribution in [0.2, 0.25) is 5.02 Å². The van der Waals surface area contributed by atoms with E-state index in [1.54, 1.807) is 13.2 Å². The Morgan fingerprint density at radius 1 is 1.17 bits per heavy atom. The Morgan fingerprint density at radius 2 is 1.90 bits per heavy atom. The zero-order valence-electron chi connectivity index (χ0n) is 17.6. The summed E-state index contributed by atoms with van der Waals surface area (Å²) in [5, 5.41) is 11.3. The molecule has 0 spiro atoms. The number of halogens is 1. The van der Waals surface area contributed by atoms with Crippen LogP contribution in [0.25, 0.3) is 16.7 Å². The summed E-state index contributed by atoms with van der Waals surface area (Å²) < 4.78 is 11.3. The third-order valence-electron chi connectivity index (χ3n) is 6.24. The third kappa shape index (κ3) is 3.75. The van der Waals surface area contributed by atoms with Crippen LogP contribution in [0.4, 0.5) is 0 Å². The first kappa shape index (κ1) is 21.0. The second kappa shape index (κ2) is 8.44. The molecule has 2 aliphatic rings. The van der Waals surface area contributed by atoms with Gasteiger partial charge in [0.25, 0.3) is 0 Å². The number of hydrogen-bond donors (Lipinski definition) is 1. The van der Waals surface area contributed by atoms with Crippen LogP contribution in [0.5, 0.6) is 5.75 Å². The first-order valence-electron chi connectivity index (χ1n) is 10.5. The number of carbonyl (C=O) groups is 1. The molecule has 1 fully saturated rings. The number of benzene rings is 2. The van der Waals surface area contributed by atoms with Crippen molar-refractivity contribution in [3.8, 4) is 16.9 Å². The summed E-state index contributed by atoms with van der Waals surface area (Å²) in [6, 6.07) is 11.7. The minimum Gasteiger partial charge on any atom is -0.512 e. The molecule has 0 unspecified atom stereocenters. The molecule has 30 heavy (non-hydrogen) atoms. The van der Waals surface area contributed by atoms with E-state index in [0.717, 1.165) is 41.5 Å². The summed E-state index contributed by atoms with van der Waals surface area (Å²) in [4.78, 5) is 13.3. The van der Waals surface area contributed by atoms with Crippen LogP contribution in [-0.4, -0.2) is 30.2 Å². The smallest absolute Gasteiger partial charge is 0.172 e. The highest BCUT2D eigenvalue weighted by Gasteiger charge is 2.42. The van der Waals surface area contributed by atoms with Crippen molar-refractivity contribution >= 4 is 23.0 Å². The molecule has 1 N–H and O–H groups in total. The van der Waals surface area contributed by atoms with Crippen molar-refractivity contribution in [1.29, 1.82) is 0 Å². The van der Waals surface area contributed by atoms with Gasteiger partial charge in [0.15, 0.2) is 5.78 Å². The molecule has 0 aromatic heterocycles. The maximum atomic E-state index is 13.3. The molecule has 0 bridgehead atoms. The maximum Gasteiger partial charge on any atom is 0.172 e. The summed E-state index contributed by atoms with van der Waals surface area (Å²) in [6.07, 6.45) is 3.00. The van der Waals surface area contributed by atoms with Gasteiger partial charge in [-0.05, 0) is 66.6 Å². The largest absolute Gasteiger partial charge is 0.512 e. The third-order valence-corrected chi connectivity index (χ3v) is 6.56. The molecule has 0 amide bonds. The second-order valence-corrected chi connectivity index (χ2v) is 8.54. The average molecular weight is 427 g/mol. The van der Waals surface area contributed by atoms with E-state index in [9.17, 15) is 9.90 Å². The molecule has 2 aromatic rings. The first-order chi connectivity index (χ1) is 14.4. The van der Waals surface area contributed by atoms with Crippen molar-refractivity contribution in [2.24, 2.45) is 5.92 Å². The van der Waals surface area contributed by atoms with Crippen LogP contribution < -0.4 is 4.74 Å². The lowest BCUT2D eigenvalue weighted by atomic mass is 9.89. The molecule has 1 saturated heterocycles. The Bertz CT molecular complexity index is 1010. The van der Waals surface area contributed by atoms with Crippen LogP contribution >= 0.6 is 11.6 Å². The lowest BCUT2D eigenvalue weighted by molar-refractivity contribution is -0.121. The van der Waals surface area contributed by atoms with E-state index in [1.165, 1.54) is 0 Å². The molecule has 1 aliphatic carbocycles. The van der Waals surface area contributed by atoms with E-state index in [2.05, 4.69) is 6.92 Å². The van der Waals surface area contributed by atoms with Gasteiger partial charge in [0.2, 0.25) is 0 Å². The van der Waals surface area contributed by atoms with Gasteiger partial charge in [0.05, 0.1) is 35.8 Å². The van der Waals surface area contributed by atoms with E-state index in [0.29, 0.717) is 22.8 Å². The number of hydrogen-bond acceptors (Lipinski definition) is 4. The fourth-order valence-corrected chi connectivity index (χ4v) is 4.78. The number of rotatable bonds is 5. The van der Waals surface area contributed by atoms with Gasteiger partial charge in [-0.3, -0.25) is 4.79 Å². The lowest BCUT2D eigenvalue weighted by Gasteiger charge is -2.18. The molecule has 1 heterocycles. The van der Waals surface area contributed by atoms with Crippen LogP contribution in [-0.2, 0) is 16.0 Å². The summed E-state index contributed by atoms with van der Waals surface area (Å²) >= 11 is 6.17. The van der Waals surface area contributed by atoms with Crippen LogP contribution in [0, 0.1) is 5.92 Å². The number of aliphatic hydroxyl groups excluding tert-OH is 1. The Balaban J connectivity index is 1.72. The molecule has 5 heteroatoms. The van der Waals surface area contributed by atoms with Gasteiger partial charge in [0, 0.05) is 6.42 Å². The summed E-state index contributed by atoms with van der Waals surface area (Å²) in [5.74, 6) is 0.469. The van der Waals surface area contributed by atoms with E-state index in [4.69, 9.17) is 21.1 Å². The van der Waals surface area contributed by atoms with E-state index >= 15 is 0 Å². The van der Waals surface area contributed by atoms with Gasteiger partial charge in [-0.2, -0.15) is 0 Å². The van der Waals surface area contributed by atoms with Crippen molar-refractivity contribution in [1.82, 2.24) is 0 Å². The van der Waals surface area contributed by atoms with E-state index in [-0.39, 0.29) is 29.7 Å². The average Bonchev–Trinajstić information content (AvgIpc) is 3.30. The van der Waals surface area contributed by atoms with Gasteiger partial charge in [0.1, 0.15) is 11.5 Å². The summed E-state index contributed by atoms with van der Waals surface area (Å²) in [5.41, 5.74) is 4.17. The van der Waals surface area contributed by atoms with E-state index in [1.807, 2.05) is 37.3 Å². The molecule has 1 aliphatic heterocycles. The van der Waals surface area contributed by atoms with Crippen LogP contribution in [0.1, 0.15) is 44.2 Å². The predicted octanol–water partition coefficient (Wildman–Crippen LogP) is 6.00. The summed E-state index contributed by atoms with van der Waals surface area (Å²) in [6.45, 7) is 4.09. The molecule has 2 aromatic carbocycles. The number of allylic oxidation sites excluding steroid dienone is 2. The molecule has 3 atom stereocenters. The Kier molecular flexibility index (Phi) is 5.90. The molecular weight excluding hydrogens is 400 g/mol. The fraction of sp³-hybridized carbons (Fsp3) is 0.400. The van der Waals surface area contributed by atoms with Gasteiger partial charge < -0.3 is 14.6 Å². The number of methoxy groups -OCH3 is 1. The van der Waals surface area contributed by atoms with Crippen molar-refractivity contribution < 1.29 is 19.4 Å². The number of ketones is 1. The zero-order chi connectivity index (χ0) is 21.4. The Morgan fingerprint density at radius 3 is 2.57 bits per heavy atom. The minimum atomic E-state index is -0.297. The number of aryl methyl sites for hydroxylation is 1. The molecule has 0 radical (unpaired) electrons. The lowest BCUT2D eigenvalue weighted by Crippen LogP contribution is -2.25. The molecule has 4 nitrogen and oxygen atoms in total. The first-order valence-corrected chi connectivity index (χ1v) is 10.9. The van der Waals surface area contributed by atoms with E-state index < -0.39 is 0 Å². The van der Waals surface area contributed by atoms with Crippen molar-refractivity contribution in [3.05, 3.63) is 58.3 Å². The van der Waals surface area contributed by atoms with Crippen molar-refractivity contribution in [3.63, 3.8) is 0 Å². The van der Waals surface area contributed by atoms with Gasteiger partial charge >= 0.3 is 0 Å². The second-order valence-electron chi connectivity index (χ2n) is 8.13. The Labute approximate surface area is 182 Å². The molecule has 158 valence electrons. The van der Waals surface area contributed by atoms with Crippen molar-refractivity contribution in [2.45, 2.75) is 51.7 Å². The number of Topliss-reactive ketones (excluding diaryl/α,β-unsaturated/α-hetero) is 1. The van der Waals surface area contributed by atoms with Crippen molar-refractivity contribution in [2.75, 3.05) is 7.11 Å². The van der Waals surface area contributed by atoms with Crippen LogP contribution in [0.15, 0.2) is 42.2 Å². The molecule has 4 rings (SSSR count). The monoisotopic (exact) mass is 426 g/mol. The Hall–Kier alpha value is -2.30. The quantitative estimate of drug-likeness (QED) is 0.636. The highest BCUT2D eigenvalue weighted by molar-refractivity contribution is 6.32. The highest BCUT2D eigenvalue weighted by atomic mass is 35.5. The number of ether oxygens (including phenoxy) is 2. The van der Waals surface area contributed by atoms with Gasteiger partial charge in [-0.15, -0.1) is 0 Å². The summed E-state index contributed by atoms with van der Waals surface area (Å²) in [7, 11) is 1.59. The van der Waals surface area contributed by atoms with Crippen LogP contribution in [0.3, 0.4) is 0 Å². The van der Waals surface area contributed by atoms with Gasteiger partial charge in [-0.25, -0.2) is 0 Å². The number of carbonyl (C=O) groups excluding carboxylic acids is 1. The number of aliphatic hydroxyl groups is 1. The minimum absolute atomic E-state index is 0.00728. The topological polar surface area (TPSA) is 55.8 Å². The maximum absolute atomic E-state index is 13.3. The SMILES string of the molecule is CCc1ccc(-c2ccc(Cl)c(OC)c2)cc1C1=C(O)C[C@H]([C@@H]2CC[C@H](C)O2)C1=O. The highest BCUT2D eigenvalue weighted by Crippen LogP contribution is 2.42. The molecular formula is C25H27ClO4. The van der Waals surface area contributed by atoms with Gasteiger partial charge in [-0.1, -0.05) is 36.7 Å². The fourth-order valence-electron chi connectivity index (χ4n) is 4.59. The molecule has 0 saturated carbocycles.